The first kappa shape index (κ1) is 8.65. The second kappa shape index (κ2) is 3.85. The van der Waals surface area contributed by atoms with E-state index >= 15 is 0 Å². The maximum absolute atomic E-state index is 2.47. The van der Waals surface area contributed by atoms with Crippen LogP contribution in [0.15, 0.2) is 0 Å². The van der Waals surface area contributed by atoms with Crippen molar-refractivity contribution in [3.05, 3.63) is 0 Å². The summed E-state index contributed by atoms with van der Waals surface area (Å²) in [7, 11) is 2.47. The molecule has 1 heteroatoms. The summed E-state index contributed by atoms with van der Waals surface area (Å²) in [6.45, 7) is 0. The number of rotatable bonds is 0. The van der Waals surface area contributed by atoms with Crippen LogP contribution in [0.3, 0.4) is 0 Å². The van der Waals surface area contributed by atoms with Crippen LogP contribution < -0.4 is 0 Å². The molecule has 0 spiro atoms. The van der Waals surface area contributed by atoms with Crippen LogP contribution in [0.1, 0.15) is 51.4 Å². The predicted molar refractivity (Wildman–Crippen MR) is 56.2 cm³/mol. The first-order chi connectivity index (χ1) is 5.84. The van der Waals surface area contributed by atoms with Crippen molar-refractivity contribution in [2.75, 3.05) is 0 Å². The van der Waals surface area contributed by atoms with Gasteiger partial charge < -0.3 is 0 Å². The fourth-order valence-corrected chi connectivity index (χ4v) is 3.38. The molecule has 0 atom stereocenters. The van der Waals surface area contributed by atoms with Crippen molar-refractivity contribution in [3.63, 3.8) is 0 Å². The van der Waals surface area contributed by atoms with Crippen LogP contribution in [-0.4, -0.2) is 7.85 Å². The SMILES string of the molecule is BC1CC2CCCC(CCC2)C1. The lowest BCUT2D eigenvalue weighted by atomic mass is 9.67. The minimum atomic E-state index is 1.03. The van der Waals surface area contributed by atoms with Gasteiger partial charge in [0.25, 0.3) is 0 Å². The minimum Gasteiger partial charge on any atom is -0.0692 e. The van der Waals surface area contributed by atoms with Crippen molar-refractivity contribution in [2.24, 2.45) is 11.8 Å². The summed E-state index contributed by atoms with van der Waals surface area (Å²) in [6.07, 6.45) is 12.3. The maximum atomic E-state index is 2.47. The van der Waals surface area contributed by atoms with Crippen molar-refractivity contribution in [1.82, 2.24) is 0 Å². The topological polar surface area (TPSA) is 0 Å². The quantitative estimate of drug-likeness (QED) is 0.483. The average Bonchev–Trinajstić information content (AvgIpc) is 1.91. The molecule has 3 saturated carbocycles. The Labute approximate surface area is 77.5 Å². The molecule has 12 heavy (non-hydrogen) atoms. The van der Waals surface area contributed by atoms with Gasteiger partial charge in [0.05, 0.1) is 0 Å². The fourth-order valence-electron chi connectivity index (χ4n) is 3.38. The van der Waals surface area contributed by atoms with E-state index in [1.165, 1.54) is 25.7 Å². The van der Waals surface area contributed by atoms with Gasteiger partial charge in [-0.25, -0.2) is 0 Å². The molecule has 0 N–H and O–H groups in total. The highest BCUT2D eigenvalue weighted by Crippen LogP contribution is 2.39. The van der Waals surface area contributed by atoms with Gasteiger partial charge in [-0.2, -0.15) is 0 Å². The Balaban J connectivity index is 2.01. The fraction of sp³-hybridized carbons (Fsp3) is 1.00. The zero-order valence-corrected chi connectivity index (χ0v) is 8.39. The molecule has 68 valence electrons. The lowest BCUT2D eigenvalue weighted by Crippen LogP contribution is -2.18. The molecule has 0 aromatic heterocycles. The van der Waals surface area contributed by atoms with Gasteiger partial charge in [0.1, 0.15) is 7.85 Å². The summed E-state index contributed by atoms with van der Waals surface area (Å²) >= 11 is 0. The van der Waals surface area contributed by atoms with Gasteiger partial charge in [0.15, 0.2) is 0 Å². The Morgan fingerprint density at radius 2 is 1.17 bits per heavy atom. The molecule has 2 bridgehead atoms. The van der Waals surface area contributed by atoms with Gasteiger partial charge in [-0.15, -0.1) is 0 Å². The molecule has 3 aliphatic rings. The summed E-state index contributed by atoms with van der Waals surface area (Å²) in [6, 6.07) is 0. The largest absolute Gasteiger partial charge is 0.105 e. The lowest BCUT2D eigenvalue weighted by Gasteiger charge is -2.32. The van der Waals surface area contributed by atoms with E-state index in [2.05, 4.69) is 7.85 Å². The third-order valence-corrected chi connectivity index (χ3v) is 3.92. The Hall–Kier alpha value is 0.0649. The monoisotopic (exact) mass is 164 g/mol. The smallest absolute Gasteiger partial charge is 0.0692 e. The highest BCUT2D eigenvalue weighted by molar-refractivity contribution is 6.11. The van der Waals surface area contributed by atoms with Crippen LogP contribution in [0.25, 0.3) is 0 Å². The van der Waals surface area contributed by atoms with Crippen LogP contribution in [0.5, 0.6) is 0 Å². The zero-order valence-electron chi connectivity index (χ0n) is 8.39. The van der Waals surface area contributed by atoms with Gasteiger partial charge in [-0.1, -0.05) is 57.2 Å². The van der Waals surface area contributed by atoms with Crippen molar-refractivity contribution in [1.29, 1.82) is 0 Å². The van der Waals surface area contributed by atoms with E-state index in [9.17, 15) is 0 Å². The maximum Gasteiger partial charge on any atom is 0.105 e. The molecule has 0 radical (unpaired) electrons. The van der Waals surface area contributed by atoms with E-state index in [0.717, 1.165) is 17.7 Å². The first-order valence-electron chi connectivity index (χ1n) is 5.84. The van der Waals surface area contributed by atoms with Crippen LogP contribution in [0, 0.1) is 11.8 Å². The molecule has 0 unspecified atom stereocenters. The van der Waals surface area contributed by atoms with Crippen molar-refractivity contribution >= 4 is 7.85 Å². The Morgan fingerprint density at radius 3 is 1.58 bits per heavy atom. The van der Waals surface area contributed by atoms with Gasteiger partial charge in [-0.3, -0.25) is 0 Å². The predicted octanol–water partition coefficient (Wildman–Crippen LogP) is 2.79. The molecule has 0 amide bonds. The molecule has 0 aromatic rings. The molecule has 0 heterocycles. The number of hydrogen-bond acceptors (Lipinski definition) is 0. The average molecular weight is 164 g/mol. The molecule has 0 saturated heterocycles. The summed E-state index contributed by atoms with van der Waals surface area (Å²) in [4.78, 5) is 0. The van der Waals surface area contributed by atoms with E-state index in [-0.39, 0.29) is 0 Å². The highest BCUT2D eigenvalue weighted by atomic mass is 14.3. The molecule has 0 aliphatic heterocycles. The standard InChI is InChI=1S/C11H21B/c12-11-7-9-3-1-4-10(8-11)6-2-5-9/h9-11H,1-8,12H2. The number of hydrogen-bond donors (Lipinski definition) is 0. The normalized spacial score (nSPS) is 43.2. The number of fused-ring (bicyclic) bond motifs is 6. The highest BCUT2D eigenvalue weighted by Gasteiger charge is 2.24. The molecular weight excluding hydrogens is 143 g/mol. The van der Waals surface area contributed by atoms with Crippen molar-refractivity contribution < 1.29 is 0 Å². The summed E-state index contributed by atoms with van der Waals surface area (Å²) in [5.74, 6) is 3.23. The van der Waals surface area contributed by atoms with Gasteiger partial charge in [-0.05, 0) is 11.8 Å². The molecule has 0 nitrogen and oxygen atoms in total. The van der Waals surface area contributed by atoms with E-state index in [1.54, 1.807) is 25.7 Å². The second-order valence-corrected chi connectivity index (χ2v) is 5.17. The van der Waals surface area contributed by atoms with Crippen LogP contribution in [0.4, 0.5) is 0 Å². The van der Waals surface area contributed by atoms with Gasteiger partial charge in [0, 0.05) is 0 Å². The minimum absolute atomic E-state index is 1.03. The van der Waals surface area contributed by atoms with E-state index in [1.807, 2.05) is 0 Å². The molecule has 3 aliphatic carbocycles. The van der Waals surface area contributed by atoms with Crippen molar-refractivity contribution in [3.8, 4) is 0 Å². The molecule has 3 fully saturated rings. The zero-order chi connectivity index (χ0) is 8.39. The van der Waals surface area contributed by atoms with Crippen LogP contribution in [-0.2, 0) is 0 Å². The second-order valence-electron chi connectivity index (χ2n) is 5.17. The van der Waals surface area contributed by atoms with E-state index in [0.29, 0.717) is 0 Å². The third kappa shape index (κ3) is 2.05. The Morgan fingerprint density at radius 1 is 0.750 bits per heavy atom. The Bertz CT molecular complexity index is 120. The summed E-state index contributed by atoms with van der Waals surface area (Å²) < 4.78 is 0. The summed E-state index contributed by atoms with van der Waals surface area (Å²) in [5, 5.41) is 0. The van der Waals surface area contributed by atoms with Gasteiger partial charge >= 0.3 is 0 Å². The molecule has 3 rings (SSSR count). The molecular formula is C11H21B. The molecule has 0 aromatic carbocycles. The van der Waals surface area contributed by atoms with E-state index < -0.39 is 0 Å². The van der Waals surface area contributed by atoms with Crippen molar-refractivity contribution in [2.45, 2.75) is 57.2 Å². The Kier molecular flexibility index (Phi) is 2.78. The van der Waals surface area contributed by atoms with E-state index in [4.69, 9.17) is 0 Å². The van der Waals surface area contributed by atoms with Crippen LogP contribution in [0.2, 0.25) is 5.82 Å². The first-order valence-corrected chi connectivity index (χ1v) is 5.84. The van der Waals surface area contributed by atoms with Crippen LogP contribution >= 0.6 is 0 Å². The van der Waals surface area contributed by atoms with Gasteiger partial charge in [0.2, 0.25) is 0 Å². The third-order valence-electron chi connectivity index (χ3n) is 3.92. The summed E-state index contributed by atoms with van der Waals surface area (Å²) in [5.41, 5.74) is 0. The lowest BCUT2D eigenvalue weighted by molar-refractivity contribution is 0.247.